The summed E-state index contributed by atoms with van der Waals surface area (Å²) in [6.07, 6.45) is 0.788. The van der Waals surface area contributed by atoms with Crippen LogP contribution in [0.4, 0.5) is 0 Å². The predicted molar refractivity (Wildman–Crippen MR) is 75.3 cm³/mol. The van der Waals surface area contributed by atoms with Crippen LogP contribution < -0.4 is 0 Å². The summed E-state index contributed by atoms with van der Waals surface area (Å²) in [5, 5.41) is 0. The molecule has 0 bridgehead atoms. The summed E-state index contributed by atoms with van der Waals surface area (Å²) in [7, 11) is 1.41. The van der Waals surface area contributed by atoms with Crippen molar-refractivity contribution in [3.8, 4) is 0 Å². The lowest BCUT2D eigenvalue weighted by Gasteiger charge is -2.49. The van der Waals surface area contributed by atoms with Crippen LogP contribution in [0, 0.1) is 17.3 Å². The van der Waals surface area contributed by atoms with Crippen LogP contribution in [-0.2, 0) is 23.9 Å². The third kappa shape index (κ3) is 2.19. The van der Waals surface area contributed by atoms with Gasteiger partial charge in [0.1, 0.15) is 6.10 Å². The molecule has 0 aromatic heterocycles. The number of carbonyl (C=O) groups is 3. The van der Waals surface area contributed by atoms with Crippen molar-refractivity contribution >= 4 is 17.5 Å². The molecule has 1 fully saturated rings. The van der Waals surface area contributed by atoms with Crippen molar-refractivity contribution in [3.63, 3.8) is 0 Å². The van der Waals surface area contributed by atoms with E-state index in [1.54, 1.807) is 13.8 Å². The highest BCUT2D eigenvalue weighted by molar-refractivity contribution is 6.14. The molecule has 5 heteroatoms. The number of Topliss-reactive ketones (excluding diaryl/α,β-unsaturated/α-hetero) is 2. The van der Waals surface area contributed by atoms with E-state index in [4.69, 9.17) is 9.47 Å². The molecule has 1 saturated carbocycles. The first-order chi connectivity index (χ1) is 9.75. The maximum atomic E-state index is 12.9. The Morgan fingerprint density at radius 2 is 1.90 bits per heavy atom. The molecule has 2 rings (SSSR count). The van der Waals surface area contributed by atoms with Crippen molar-refractivity contribution in [3.05, 3.63) is 11.3 Å². The number of ketones is 2. The van der Waals surface area contributed by atoms with Crippen LogP contribution in [0.15, 0.2) is 11.3 Å². The molecule has 0 aliphatic heterocycles. The molecule has 4 atom stereocenters. The zero-order chi connectivity index (χ0) is 15.9. The van der Waals surface area contributed by atoms with E-state index in [1.165, 1.54) is 14.0 Å². The maximum absolute atomic E-state index is 12.9. The Morgan fingerprint density at radius 1 is 1.29 bits per heavy atom. The van der Waals surface area contributed by atoms with Crippen molar-refractivity contribution in [2.24, 2.45) is 17.3 Å². The lowest BCUT2D eigenvalue weighted by molar-refractivity contribution is -0.172. The van der Waals surface area contributed by atoms with Crippen LogP contribution in [0.3, 0.4) is 0 Å². The van der Waals surface area contributed by atoms with E-state index in [1.807, 2.05) is 6.92 Å². The maximum Gasteiger partial charge on any atom is 0.302 e. The molecule has 0 aromatic rings. The molecule has 0 N–H and O–H groups in total. The number of carbonyl (C=O) groups excluding carboxylic acids is 3. The van der Waals surface area contributed by atoms with Crippen LogP contribution in [0.1, 0.15) is 40.5 Å². The first-order valence-corrected chi connectivity index (χ1v) is 7.26. The lowest BCUT2D eigenvalue weighted by atomic mass is 9.54. The minimum atomic E-state index is -0.994. The van der Waals surface area contributed by atoms with Gasteiger partial charge in [0.25, 0.3) is 0 Å². The summed E-state index contributed by atoms with van der Waals surface area (Å²) in [5.41, 5.74) is -0.667. The Bertz CT molecular complexity index is 533. The van der Waals surface area contributed by atoms with Crippen molar-refractivity contribution in [2.75, 3.05) is 7.11 Å². The highest BCUT2D eigenvalue weighted by Gasteiger charge is 2.60. The molecule has 0 unspecified atom stereocenters. The normalized spacial score (nSPS) is 36.3. The van der Waals surface area contributed by atoms with Gasteiger partial charge in [-0.2, -0.15) is 0 Å². The van der Waals surface area contributed by atoms with E-state index in [9.17, 15) is 14.4 Å². The fraction of sp³-hybridized carbons (Fsp3) is 0.688. The number of hydrogen-bond donors (Lipinski definition) is 0. The van der Waals surface area contributed by atoms with Crippen molar-refractivity contribution in [2.45, 2.75) is 46.6 Å². The Labute approximate surface area is 124 Å². The number of allylic oxidation sites excluding steroid dienone is 2. The number of hydrogen-bond acceptors (Lipinski definition) is 5. The first kappa shape index (κ1) is 15.7. The first-order valence-electron chi connectivity index (χ1n) is 7.26. The molecule has 2 aliphatic carbocycles. The molecular formula is C16H22O5. The largest absolute Gasteiger partial charge is 0.493 e. The van der Waals surface area contributed by atoms with E-state index in [-0.39, 0.29) is 23.2 Å². The Morgan fingerprint density at radius 3 is 2.43 bits per heavy atom. The fourth-order valence-corrected chi connectivity index (χ4v) is 3.96. The van der Waals surface area contributed by atoms with Crippen LogP contribution in [0.25, 0.3) is 0 Å². The summed E-state index contributed by atoms with van der Waals surface area (Å²) >= 11 is 0. The van der Waals surface area contributed by atoms with Gasteiger partial charge < -0.3 is 9.47 Å². The van der Waals surface area contributed by atoms with E-state index >= 15 is 0 Å². The number of esters is 1. The Balaban J connectivity index is 2.56. The molecule has 5 nitrogen and oxygen atoms in total. The zero-order valence-corrected chi connectivity index (χ0v) is 13.2. The second-order valence-electron chi connectivity index (χ2n) is 6.26. The molecule has 0 radical (unpaired) electrons. The molecule has 2 aliphatic rings. The summed E-state index contributed by atoms with van der Waals surface area (Å²) in [6, 6.07) is 0. The van der Waals surface area contributed by atoms with Gasteiger partial charge in [-0.3, -0.25) is 14.4 Å². The summed E-state index contributed by atoms with van der Waals surface area (Å²) in [5.74, 6) is -1.02. The second kappa shape index (κ2) is 5.28. The summed E-state index contributed by atoms with van der Waals surface area (Å²) in [4.78, 5) is 36.9. The molecule has 0 spiro atoms. The van der Waals surface area contributed by atoms with Crippen LogP contribution >= 0.6 is 0 Å². The topological polar surface area (TPSA) is 69.7 Å². The summed E-state index contributed by atoms with van der Waals surface area (Å²) in [6.45, 7) is 6.64. The van der Waals surface area contributed by atoms with Crippen molar-refractivity contribution in [1.82, 2.24) is 0 Å². The SMILES string of the molecule is COC1=C(C)C(=O)[C@@]2(C)[C@@H](OC(C)=O)CC[C@@H](C)[C@@H]2C1=O. The Kier molecular flexibility index (Phi) is 3.95. The van der Waals surface area contributed by atoms with Gasteiger partial charge in [0, 0.05) is 18.4 Å². The smallest absolute Gasteiger partial charge is 0.302 e. The minimum absolute atomic E-state index is 0.0523. The number of methoxy groups -OCH3 is 1. The number of ether oxygens (including phenoxy) is 2. The Hall–Kier alpha value is -1.65. The monoisotopic (exact) mass is 294 g/mol. The predicted octanol–water partition coefficient (Wildman–Crippen LogP) is 2.04. The minimum Gasteiger partial charge on any atom is -0.493 e. The van der Waals surface area contributed by atoms with Crippen molar-refractivity contribution < 1.29 is 23.9 Å². The second-order valence-corrected chi connectivity index (χ2v) is 6.26. The van der Waals surface area contributed by atoms with E-state index < -0.39 is 23.4 Å². The van der Waals surface area contributed by atoms with Crippen molar-refractivity contribution in [1.29, 1.82) is 0 Å². The van der Waals surface area contributed by atoms with Gasteiger partial charge >= 0.3 is 5.97 Å². The third-order valence-corrected chi connectivity index (χ3v) is 4.96. The molecule has 21 heavy (non-hydrogen) atoms. The van der Waals surface area contributed by atoms with Gasteiger partial charge in [-0.1, -0.05) is 6.92 Å². The third-order valence-electron chi connectivity index (χ3n) is 4.96. The quantitative estimate of drug-likeness (QED) is 0.729. The number of rotatable bonds is 2. The average Bonchev–Trinajstić information content (AvgIpc) is 2.40. The van der Waals surface area contributed by atoms with Gasteiger partial charge in [-0.15, -0.1) is 0 Å². The van der Waals surface area contributed by atoms with Gasteiger partial charge in [0.2, 0.25) is 5.78 Å². The van der Waals surface area contributed by atoms with Gasteiger partial charge in [0.05, 0.1) is 12.5 Å². The molecule has 0 amide bonds. The molecule has 0 aromatic carbocycles. The van der Waals surface area contributed by atoms with Gasteiger partial charge in [-0.25, -0.2) is 0 Å². The molecular weight excluding hydrogens is 272 g/mol. The fourth-order valence-electron chi connectivity index (χ4n) is 3.96. The van der Waals surface area contributed by atoms with Gasteiger partial charge in [0.15, 0.2) is 11.5 Å². The summed E-state index contributed by atoms with van der Waals surface area (Å²) < 4.78 is 10.5. The highest BCUT2D eigenvalue weighted by atomic mass is 16.5. The van der Waals surface area contributed by atoms with Crippen LogP contribution in [0.5, 0.6) is 0 Å². The van der Waals surface area contributed by atoms with Gasteiger partial charge in [-0.05, 0) is 32.6 Å². The van der Waals surface area contributed by atoms with E-state index in [0.717, 1.165) is 6.42 Å². The molecule has 0 heterocycles. The highest BCUT2D eigenvalue weighted by Crippen LogP contribution is 2.51. The zero-order valence-electron chi connectivity index (χ0n) is 13.2. The van der Waals surface area contributed by atoms with E-state index in [2.05, 4.69) is 0 Å². The molecule has 0 saturated heterocycles. The van der Waals surface area contributed by atoms with Crippen LogP contribution in [-0.4, -0.2) is 30.7 Å². The average molecular weight is 294 g/mol. The van der Waals surface area contributed by atoms with Crippen LogP contribution in [0.2, 0.25) is 0 Å². The molecule has 116 valence electrons. The number of fused-ring (bicyclic) bond motifs is 1. The van der Waals surface area contributed by atoms with E-state index in [0.29, 0.717) is 12.0 Å². The lowest BCUT2D eigenvalue weighted by Crippen LogP contribution is -2.58. The standard InChI is InChI=1S/C16H22O5/c1-8-6-7-11(21-10(3)17)16(4)12(8)13(18)14(20-5)9(2)15(16)19/h8,11-12H,6-7H2,1-5H3/t8-,11+,12-,16+/m1/s1.